The van der Waals surface area contributed by atoms with Gasteiger partial charge in [-0.3, -0.25) is 18.4 Å². The number of nitrogen functional groups attached to an aromatic ring is 1. The van der Waals surface area contributed by atoms with Crippen LogP contribution in [0.15, 0.2) is 43.0 Å². The van der Waals surface area contributed by atoms with Crippen molar-refractivity contribution in [3.63, 3.8) is 0 Å². The van der Waals surface area contributed by atoms with E-state index in [0.717, 1.165) is 17.3 Å². The maximum Gasteiger partial charge on any atom is 0.405 e. The van der Waals surface area contributed by atoms with Crippen molar-refractivity contribution in [1.82, 2.24) is 24.6 Å². The smallest absolute Gasteiger partial charge is 0.395 e. The first-order chi connectivity index (χ1) is 18.6. The predicted octanol–water partition coefficient (Wildman–Crippen LogP) is 3.54. The summed E-state index contributed by atoms with van der Waals surface area (Å²) in [5.41, 5.74) is 7.06. The normalized spacial score (nSPS) is 21.3. The van der Waals surface area contributed by atoms with Crippen molar-refractivity contribution in [2.45, 2.75) is 46.1 Å². The lowest BCUT2D eigenvalue weighted by molar-refractivity contribution is -0.119. The molecule has 3 heterocycles. The van der Waals surface area contributed by atoms with Gasteiger partial charge in [-0.25, -0.2) is 24.6 Å². The number of ether oxygens (including phenoxy) is 1. The van der Waals surface area contributed by atoms with E-state index >= 15 is 0 Å². The molecule has 4 N–H and O–H groups in total. The molecule has 4 atom stereocenters. The Morgan fingerprint density at radius 2 is 2.05 bits per heavy atom. The van der Waals surface area contributed by atoms with Crippen molar-refractivity contribution < 1.29 is 28.3 Å². The molecule has 0 radical (unpaired) electrons. The second-order valence-electron chi connectivity index (χ2n) is 10.1. The van der Waals surface area contributed by atoms with E-state index in [1.54, 1.807) is 20.2 Å². The minimum atomic E-state index is -3.75. The van der Waals surface area contributed by atoms with E-state index in [2.05, 4.69) is 20.0 Å². The van der Waals surface area contributed by atoms with Gasteiger partial charge < -0.3 is 15.6 Å². The second-order valence-corrected chi connectivity index (χ2v) is 13.0. The van der Waals surface area contributed by atoms with Crippen molar-refractivity contribution in [2.24, 2.45) is 11.3 Å². The van der Waals surface area contributed by atoms with Gasteiger partial charge in [0.15, 0.2) is 16.6 Å². The molecule has 4 rings (SSSR count). The van der Waals surface area contributed by atoms with E-state index in [9.17, 15) is 14.5 Å². The molecule has 12 nitrogen and oxygen atoms in total. The fourth-order valence-corrected chi connectivity index (χ4v) is 6.33. The number of nitrogens with zero attached hydrogens (tertiary/aromatic N) is 4. The van der Waals surface area contributed by atoms with Crippen LogP contribution in [0.2, 0.25) is 0 Å². The van der Waals surface area contributed by atoms with E-state index < -0.39 is 13.2 Å². The highest BCUT2D eigenvalue weighted by molar-refractivity contribution is 8.13. The number of hydrogen-bond acceptors (Lipinski definition) is 11. The van der Waals surface area contributed by atoms with Gasteiger partial charge in [0.1, 0.15) is 18.1 Å². The monoisotopic (exact) mass is 578 g/mol. The number of thioether (sulfide) groups is 1. The summed E-state index contributed by atoms with van der Waals surface area (Å²) in [7, 11) is -3.75. The maximum absolute atomic E-state index is 13.7. The average molecular weight is 579 g/mol. The lowest BCUT2D eigenvalue weighted by Gasteiger charge is -2.22. The van der Waals surface area contributed by atoms with Crippen LogP contribution in [0.3, 0.4) is 0 Å². The van der Waals surface area contributed by atoms with Crippen LogP contribution in [0.5, 0.6) is 0 Å². The van der Waals surface area contributed by atoms with Crippen LogP contribution in [0, 0.1) is 11.3 Å². The third-order valence-corrected chi connectivity index (χ3v) is 9.13. The zero-order chi connectivity index (χ0) is 28.0. The molecule has 1 fully saturated rings. The van der Waals surface area contributed by atoms with Crippen molar-refractivity contribution in [3.8, 4) is 0 Å². The third-order valence-electron chi connectivity index (χ3n) is 6.39. The van der Waals surface area contributed by atoms with E-state index in [1.165, 1.54) is 6.33 Å². The van der Waals surface area contributed by atoms with Crippen LogP contribution in [0.1, 0.15) is 39.0 Å². The molecule has 1 aromatic carbocycles. The second kappa shape index (κ2) is 12.9. The number of nitrogens with one attached hydrogen (secondary N) is 1. The number of carbonyl (C=O) groups is 1. The first kappa shape index (κ1) is 29.6. The quantitative estimate of drug-likeness (QED) is 0.200. The average Bonchev–Trinajstić information content (AvgIpc) is 3.53. The van der Waals surface area contributed by atoms with Crippen molar-refractivity contribution in [2.75, 3.05) is 31.3 Å². The standard InChI is InChI=1S/C25H35N6O6PS/c1-17-11-19(37-23(17)31-16-29-20-21(26)27-15-28-22(20)31)13-36-38(34,30-12-18-7-5-4-6-8-18)35-9-10-39-24(33)25(2,3)14-32/h4-8,15-17,19,23,32H,9-14H2,1-3H3,(H,30,34)(H2,26,27,28)/t17-,19-,23?,38?/m0/s1. The molecular formula is C25H35N6O6PS. The van der Waals surface area contributed by atoms with Crippen molar-refractivity contribution in [1.29, 1.82) is 0 Å². The van der Waals surface area contributed by atoms with Crippen LogP contribution in [0.4, 0.5) is 5.82 Å². The third kappa shape index (κ3) is 7.43. The lowest BCUT2D eigenvalue weighted by atomic mass is 9.97. The SMILES string of the molecule is C[C@H]1C[C@@H](COP(=O)(NCc2ccccc2)OCCSC(=O)C(C)(C)CO)OC1n1cnc2c(N)ncnc21. The Bertz CT molecular complexity index is 1310. The summed E-state index contributed by atoms with van der Waals surface area (Å²) in [6, 6.07) is 9.49. The summed E-state index contributed by atoms with van der Waals surface area (Å²) in [6.07, 6.45) is 2.97. The van der Waals surface area contributed by atoms with Crippen LogP contribution in [-0.2, 0) is 29.7 Å². The molecule has 0 spiro atoms. The van der Waals surface area contributed by atoms with Gasteiger partial charge in [-0.15, -0.1) is 0 Å². The van der Waals surface area contributed by atoms with Crippen molar-refractivity contribution in [3.05, 3.63) is 48.5 Å². The number of rotatable bonds is 13. The van der Waals surface area contributed by atoms with Gasteiger partial charge in [-0.05, 0) is 25.8 Å². The largest absolute Gasteiger partial charge is 0.405 e. The molecule has 1 aliphatic heterocycles. The molecule has 2 aromatic heterocycles. The highest BCUT2D eigenvalue weighted by Gasteiger charge is 2.37. The van der Waals surface area contributed by atoms with E-state index in [1.807, 2.05) is 41.8 Å². The summed E-state index contributed by atoms with van der Waals surface area (Å²) < 4.78 is 33.3. The Morgan fingerprint density at radius 1 is 1.28 bits per heavy atom. The molecule has 0 saturated carbocycles. The van der Waals surface area contributed by atoms with Gasteiger partial charge in [-0.2, -0.15) is 0 Å². The maximum atomic E-state index is 13.7. The minimum Gasteiger partial charge on any atom is -0.395 e. The number of benzene rings is 1. The molecule has 2 unspecified atom stereocenters. The highest BCUT2D eigenvalue weighted by atomic mass is 32.2. The van der Waals surface area contributed by atoms with Gasteiger partial charge in [0, 0.05) is 18.2 Å². The summed E-state index contributed by atoms with van der Waals surface area (Å²) in [5, 5.41) is 12.2. The van der Waals surface area contributed by atoms with Gasteiger partial charge in [0.2, 0.25) is 0 Å². The topological polar surface area (TPSA) is 164 Å². The molecule has 1 aliphatic rings. The molecule has 39 heavy (non-hydrogen) atoms. The summed E-state index contributed by atoms with van der Waals surface area (Å²) in [6.45, 7) is 5.46. The number of fused-ring (bicyclic) bond motifs is 1. The number of aromatic nitrogens is 4. The number of hydrogen-bond donors (Lipinski definition) is 3. The van der Waals surface area contributed by atoms with E-state index in [-0.39, 0.29) is 55.5 Å². The molecule has 0 amide bonds. The van der Waals surface area contributed by atoms with Crippen LogP contribution in [0.25, 0.3) is 11.2 Å². The highest BCUT2D eigenvalue weighted by Crippen LogP contribution is 2.46. The van der Waals surface area contributed by atoms with Crippen molar-refractivity contribution >= 4 is 41.6 Å². The Labute approximate surface area is 231 Å². The molecule has 212 valence electrons. The fourth-order valence-electron chi connectivity index (χ4n) is 4.07. The molecule has 1 saturated heterocycles. The summed E-state index contributed by atoms with van der Waals surface area (Å²) in [5.74, 6) is 0.661. The zero-order valence-corrected chi connectivity index (χ0v) is 23.9. The molecule has 3 aromatic rings. The summed E-state index contributed by atoms with van der Waals surface area (Å²) in [4.78, 5) is 24.9. The van der Waals surface area contributed by atoms with E-state index in [0.29, 0.717) is 23.4 Å². The first-order valence-electron chi connectivity index (χ1n) is 12.7. The van der Waals surface area contributed by atoms with Crippen LogP contribution >= 0.6 is 19.5 Å². The van der Waals surface area contributed by atoms with Crippen LogP contribution < -0.4 is 10.8 Å². The fraction of sp³-hybridized carbons (Fsp3) is 0.520. The Morgan fingerprint density at radius 3 is 2.79 bits per heavy atom. The number of anilines is 1. The minimum absolute atomic E-state index is 0.0175. The molecular weight excluding hydrogens is 543 g/mol. The number of aliphatic hydroxyl groups is 1. The number of aliphatic hydroxyl groups excluding tert-OH is 1. The van der Waals surface area contributed by atoms with Gasteiger partial charge in [-0.1, -0.05) is 49.0 Å². The van der Waals surface area contributed by atoms with Gasteiger partial charge in [0.05, 0.1) is 37.7 Å². The summed E-state index contributed by atoms with van der Waals surface area (Å²) >= 11 is 1.03. The Balaban J connectivity index is 1.37. The van der Waals surface area contributed by atoms with E-state index in [4.69, 9.17) is 19.5 Å². The molecule has 0 aliphatic carbocycles. The molecule has 14 heteroatoms. The Kier molecular flexibility index (Phi) is 9.76. The number of nitrogens with two attached hydrogens (primary N) is 1. The first-order valence-corrected chi connectivity index (χ1v) is 15.2. The number of imidazole rings is 1. The number of carbonyl (C=O) groups excluding carboxylic acids is 1. The Hall–Kier alpha value is -2.38. The van der Waals surface area contributed by atoms with Crippen LogP contribution in [-0.4, -0.2) is 61.4 Å². The predicted molar refractivity (Wildman–Crippen MR) is 149 cm³/mol. The zero-order valence-electron chi connectivity index (χ0n) is 22.2. The lowest BCUT2D eigenvalue weighted by Crippen LogP contribution is -2.26. The van der Waals surface area contributed by atoms with Gasteiger partial charge >= 0.3 is 7.75 Å². The van der Waals surface area contributed by atoms with Gasteiger partial charge in [0.25, 0.3) is 0 Å². The molecule has 0 bridgehead atoms.